The number of amides is 2. The number of imide groups is 1. The fourth-order valence-electron chi connectivity index (χ4n) is 1.48. The Kier molecular flexibility index (Phi) is 3.34. The molecule has 1 N–H and O–H groups in total. The van der Waals surface area contributed by atoms with E-state index in [4.69, 9.17) is 0 Å². The van der Waals surface area contributed by atoms with Gasteiger partial charge in [0.1, 0.15) is 0 Å². The van der Waals surface area contributed by atoms with E-state index in [9.17, 15) is 9.59 Å². The van der Waals surface area contributed by atoms with Gasteiger partial charge in [-0.15, -0.1) is 0 Å². The molecule has 2 aromatic rings. The van der Waals surface area contributed by atoms with Gasteiger partial charge in [-0.05, 0) is 28.1 Å². The topological polar surface area (TPSA) is 64.0 Å². The number of benzene rings is 1. The van der Waals surface area contributed by atoms with Crippen molar-refractivity contribution in [1.29, 1.82) is 0 Å². The third-order valence-electron chi connectivity index (χ3n) is 2.19. The molecule has 0 aliphatic rings. The highest BCUT2D eigenvalue weighted by molar-refractivity contribution is 9.10. The molecule has 0 saturated carbocycles. The van der Waals surface area contributed by atoms with Crippen LogP contribution in [0, 0.1) is 0 Å². The van der Waals surface area contributed by atoms with E-state index in [1.165, 1.54) is 0 Å². The predicted octanol–water partition coefficient (Wildman–Crippen LogP) is 1.52. The number of hydrogen-bond donors (Lipinski definition) is 1. The number of nitrogens with zero attached hydrogens (tertiary/aromatic N) is 2. The molecule has 2 amide bonds. The number of imidazole rings is 1. The highest BCUT2D eigenvalue weighted by Gasteiger charge is 2.15. The summed E-state index contributed by atoms with van der Waals surface area (Å²) in [5, 5.41) is 2.12. The second kappa shape index (κ2) is 4.92. The average Bonchev–Trinajstić information content (AvgIpc) is 2.82. The standard InChI is InChI=1S/C11H8BrN3O2/c12-8-2-1-3-9(15-5-4-13-6-15)10(8)11(17)14-7-16/h1-7H,(H,14,16,17). The first kappa shape index (κ1) is 11.5. The molecular weight excluding hydrogens is 286 g/mol. The molecule has 0 spiro atoms. The monoisotopic (exact) mass is 293 g/mol. The van der Waals surface area contributed by atoms with Gasteiger partial charge in [0.05, 0.1) is 17.6 Å². The Balaban J connectivity index is 2.56. The lowest BCUT2D eigenvalue weighted by Gasteiger charge is -2.10. The molecular formula is C11H8BrN3O2. The Labute approximate surface area is 106 Å². The van der Waals surface area contributed by atoms with Gasteiger partial charge in [-0.3, -0.25) is 14.9 Å². The summed E-state index contributed by atoms with van der Waals surface area (Å²) >= 11 is 3.29. The number of aromatic nitrogens is 2. The fourth-order valence-corrected chi connectivity index (χ4v) is 2.02. The van der Waals surface area contributed by atoms with Crippen molar-refractivity contribution < 1.29 is 9.59 Å². The van der Waals surface area contributed by atoms with E-state index < -0.39 is 5.91 Å². The van der Waals surface area contributed by atoms with Crippen molar-refractivity contribution in [2.24, 2.45) is 0 Å². The largest absolute Gasteiger partial charge is 0.305 e. The maximum Gasteiger partial charge on any atom is 0.260 e. The normalized spacial score (nSPS) is 9.94. The maximum absolute atomic E-state index is 11.8. The molecule has 2 rings (SSSR count). The summed E-state index contributed by atoms with van der Waals surface area (Å²) < 4.78 is 2.31. The van der Waals surface area contributed by atoms with Crippen LogP contribution in [0.15, 0.2) is 41.4 Å². The molecule has 0 unspecified atom stereocenters. The second-order valence-corrected chi connectivity index (χ2v) is 4.05. The third-order valence-corrected chi connectivity index (χ3v) is 2.85. The minimum atomic E-state index is -0.462. The van der Waals surface area contributed by atoms with E-state index in [1.807, 2.05) is 0 Å². The fraction of sp³-hybridized carbons (Fsp3) is 0. The Morgan fingerprint density at radius 2 is 2.29 bits per heavy atom. The van der Waals surface area contributed by atoms with Gasteiger partial charge in [-0.2, -0.15) is 0 Å². The number of halogens is 1. The van der Waals surface area contributed by atoms with E-state index in [0.29, 0.717) is 22.1 Å². The van der Waals surface area contributed by atoms with Gasteiger partial charge in [0, 0.05) is 16.9 Å². The molecule has 0 radical (unpaired) electrons. The zero-order valence-electron chi connectivity index (χ0n) is 8.63. The molecule has 5 nitrogen and oxygen atoms in total. The SMILES string of the molecule is O=CNC(=O)c1c(Br)cccc1-n1ccnc1. The van der Waals surface area contributed by atoms with E-state index >= 15 is 0 Å². The summed E-state index contributed by atoms with van der Waals surface area (Å²) in [6, 6.07) is 5.31. The van der Waals surface area contributed by atoms with Crippen molar-refractivity contribution in [3.63, 3.8) is 0 Å². The summed E-state index contributed by atoms with van der Waals surface area (Å²) in [5.41, 5.74) is 1.04. The summed E-state index contributed by atoms with van der Waals surface area (Å²) in [6.07, 6.45) is 5.28. The van der Waals surface area contributed by atoms with Crippen LogP contribution in [0.4, 0.5) is 0 Å². The maximum atomic E-state index is 11.8. The second-order valence-electron chi connectivity index (χ2n) is 3.20. The Hall–Kier alpha value is -1.95. The van der Waals surface area contributed by atoms with Gasteiger partial charge in [0.25, 0.3) is 5.91 Å². The van der Waals surface area contributed by atoms with Crippen LogP contribution < -0.4 is 5.32 Å². The lowest BCUT2D eigenvalue weighted by molar-refractivity contribution is -0.108. The van der Waals surface area contributed by atoms with Crippen LogP contribution in [0.25, 0.3) is 5.69 Å². The van der Waals surface area contributed by atoms with E-state index in [0.717, 1.165) is 0 Å². The highest BCUT2D eigenvalue weighted by atomic mass is 79.9. The first-order valence-electron chi connectivity index (χ1n) is 4.75. The Bertz CT molecular complexity index is 552. The molecule has 0 fully saturated rings. The molecule has 1 heterocycles. The van der Waals surface area contributed by atoms with Crippen LogP contribution >= 0.6 is 15.9 Å². The first-order chi connectivity index (χ1) is 8.24. The van der Waals surface area contributed by atoms with Crippen LogP contribution in [0.2, 0.25) is 0 Å². The third kappa shape index (κ3) is 2.26. The number of carbonyl (C=O) groups excluding carboxylic acids is 2. The number of carbonyl (C=O) groups is 2. The van der Waals surface area contributed by atoms with Gasteiger partial charge in [0.15, 0.2) is 0 Å². The highest BCUT2D eigenvalue weighted by Crippen LogP contribution is 2.23. The van der Waals surface area contributed by atoms with Crippen LogP contribution in [-0.2, 0) is 4.79 Å². The van der Waals surface area contributed by atoms with Gasteiger partial charge < -0.3 is 4.57 Å². The minimum Gasteiger partial charge on any atom is -0.305 e. The van der Waals surface area contributed by atoms with Gasteiger partial charge in [-0.25, -0.2) is 4.98 Å². The van der Waals surface area contributed by atoms with Gasteiger partial charge in [-0.1, -0.05) is 6.07 Å². The van der Waals surface area contributed by atoms with Crippen molar-refractivity contribution in [1.82, 2.24) is 14.9 Å². The molecule has 0 atom stereocenters. The lowest BCUT2D eigenvalue weighted by Crippen LogP contribution is -2.23. The van der Waals surface area contributed by atoms with Gasteiger partial charge >= 0.3 is 0 Å². The predicted molar refractivity (Wildman–Crippen MR) is 64.8 cm³/mol. The molecule has 1 aromatic carbocycles. The summed E-state index contributed by atoms with van der Waals surface area (Å²) in [4.78, 5) is 26.0. The molecule has 17 heavy (non-hydrogen) atoms. The molecule has 86 valence electrons. The van der Waals surface area contributed by atoms with E-state index in [1.54, 1.807) is 41.5 Å². The molecule has 0 bridgehead atoms. The number of hydrogen-bond acceptors (Lipinski definition) is 3. The Morgan fingerprint density at radius 3 is 2.94 bits per heavy atom. The zero-order chi connectivity index (χ0) is 12.3. The zero-order valence-corrected chi connectivity index (χ0v) is 10.2. The smallest absolute Gasteiger partial charge is 0.260 e. The lowest BCUT2D eigenvalue weighted by atomic mass is 10.1. The van der Waals surface area contributed by atoms with Gasteiger partial charge in [0.2, 0.25) is 6.41 Å². The van der Waals surface area contributed by atoms with Crippen molar-refractivity contribution in [3.8, 4) is 5.69 Å². The molecule has 0 aliphatic heterocycles. The van der Waals surface area contributed by atoms with Crippen LogP contribution in [-0.4, -0.2) is 21.9 Å². The van der Waals surface area contributed by atoms with Crippen LogP contribution in [0.1, 0.15) is 10.4 Å². The summed E-state index contributed by atoms with van der Waals surface area (Å²) in [5.74, 6) is -0.462. The van der Waals surface area contributed by atoms with Crippen LogP contribution in [0.5, 0.6) is 0 Å². The minimum absolute atomic E-state index is 0.361. The van der Waals surface area contributed by atoms with Crippen molar-refractivity contribution in [2.75, 3.05) is 0 Å². The summed E-state index contributed by atoms with van der Waals surface area (Å²) in [6.45, 7) is 0. The van der Waals surface area contributed by atoms with E-state index in [-0.39, 0.29) is 0 Å². The van der Waals surface area contributed by atoms with Crippen molar-refractivity contribution in [3.05, 3.63) is 47.0 Å². The molecule has 6 heteroatoms. The van der Waals surface area contributed by atoms with Crippen molar-refractivity contribution in [2.45, 2.75) is 0 Å². The van der Waals surface area contributed by atoms with Crippen molar-refractivity contribution >= 4 is 28.2 Å². The average molecular weight is 294 g/mol. The number of nitrogens with one attached hydrogen (secondary N) is 1. The quantitative estimate of drug-likeness (QED) is 0.873. The molecule has 1 aromatic heterocycles. The Morgan fingerprint density at radius 1 is 1.47 bits per heavy atom. The number of rotatable bonds is 3. The van der Waals surface area contributed by atoms with E-state index in [2.05, 4.69) is 26.2 Å². The summed E-state index contributed by atoms with van der Waals surface area (Å²) in [7, 11) is 0. The molecule has 0 aliphatic carbocycles. The van der Waals surface area contributed by atoms with Crippen LogP contribution in [0.3, 0.4) is 0 Å². The first-order valence-corrected chi connectivity index (χ1v) is 5.54. The molecule has 0 saturated heterocycles.